The number of hydrogen-bond acceptors (Lipinski definition) is 2. The third-order valence-corrected chi connectivity index (χ3v) is 3.72. The summed E-state index contributed by atoms with van der Waals surface area (Å²) >= 11 is 0. The van der Waals surface area contributed by atoms with Crippen molar-refractivity contribution < 1.29 is 5.11 Å². The van der Waals surface area contributed by atoms with Gasteiger partial charge in [0.1, 0.15) is 0 Å². The van der Waals surface area contributed by atoms with Crippen molar-refractivity contribution in [3.63, 3.8) is 0 Å². The molecular weight excluding hydrogens is 210 g/mol. The van der Waals surface area contributed by atoms with Gasteiger partial charge in [-0.3, -0.25) is 0 Å². The number of benzene rings is 1. The molecule has 2 nitrogen and oxygen atoms in total. The Kier molecular flexibility index (Phi) is 4.87. The lowest BCUT2D eigenvalue weighted by Gasteiger charge is -2.21. The highest BCUT2D eigenvalue weighted by Crippen LogP contribution is 2.26. The van der Waals surface area contributed by atoms with E-state index in [0.717, 1.165) is 23.7 Å². The molecule has 1 aromatic rings. The monoisotopic (exact) mass is 233 g/mol. The summed E-state index contributed by atoms with van der Waals surface area (Å²) in [6.07, 6.45) is 8.39. The maximum absolute atomic E-state index is 9.06. The molecule has 0 amide bonds. The molecule has 2 heteroatoms. The highest BCUT2D eigenvalue weighted by molar-refractivity contribution is 5.45. The van der Waals surface area contributed by atoms with E-state index in [-0.39, 0.29) is 6.61 Å². The van der Waals surface area contributed by atoms with E-state index in [2.05, 4.69) is 11.4 Å². The van der Waals surface area contributed by atoms with Gasteiger partial charge in [-0.05, 0) is 30.0 Å². The van der Waals surface area contributed by atoms with E-state index in [4.69, 9.17) is 5.11 Å². The van der Waals surface area contributed by atoms with Crippen molar-refractivity contribution >= 4 is 5.69 Å². The van der Waals surface area contributed by atoms with Crippen molar-refractivity contribution in [2.24, 2.45) is 5.92 Å². The minimum absolute atomic E-state index is 0.123. The normalized spacial score (nSPS) is 17.0. The molecule has 0 heterocycles. The highest BCUT2D eigenvalue weighted by atomic mass is 16.3. The van der Waals surface area contributed by atoms with Crippen LogP contribution >= 0.6 is 0 Å². The van der Waals surface area contributed by atoms with E-state index in [1.54, 1.807) is 0 Å². The van der Waals surface area contributed by atoms with Crippen LogP contribution in [-0.4, -0.2) is 11.7 Å². The molecule has 1 aromatic carbocycles. The van der Waals surface area contributed by atoms with Crippen molar-refractivity contribution in [3.05, 3.63) is 29.8 Å². The Bertz CT molecular complexity index is 331. The molecule has 0 saturated heterocycles. The molecule has 1 aliphatic rings. The van der Waals surface area contributed by atoms with Crippen LogP contribution in [0.15, 0.2) is 24.3 Å². The van der Waals surface area contributed by atoms with Crippen LogP contribution in [-0.2, 0) is 6.61 Å². The standard InChI is InChI=1S/C15H23NO/c17-12-14-7-4-8-15(11-14)16-10-9-13-5-2-1-3-6-13/h4,7-8,11,13,16-17H,1-3,5-6,9-10,12H2. The number of aliphatic hydroxyl groups excluding tert-OH is 1. The summed E-state index contributed by atoms with van der Waals surface area (Å²) < 4.78 is 0. The Morgan fingerprint density at radius 2 is 2.00 bits per heavy atom. The fraction of sp³-hybridized carbons (Fsp3) is 0.600. The number of rotatable bonds is 5. The van der Waals surface area contributed by atoms with E-state index in [9.17, 15) is 0 Å². The Morgan fingerprint density at radius 3 is 2.76 bits per heavy atom. The van der Waals surface area contributed by atoms with Gasteiger partial charge in [0, 0.05) is 12.2 Å². The van der Waals surface area contributed by atoms with Crippen molar-refractivity contribution in [1.82, 2.24) is 0 Å². The molecule has 17 heavy (non-hydrogen) atoms. The first kappa shape index (κ1) is 12.4. The second-order valence-electron chi connectivity index (χ2n) is 5.08. The first-order valence-electron chi connectivity index (χ1n) is 6.82. The molecular formula is C15H23NO. The molecule has 1 saturated carbocycles. The van der Waals surface area contributed by atoms with E-state index in [1.165, 1.54) is 38.5 Å². The van der Waals surface area contributed by atoms with Gasteiger partial charge in [0.2, 0.25) is 0 Å². The summed E-state index contributed by atoms with van der Waals surface area (Å²) in [5.74, 6) is 0.928. The van der Waals surface area contributed by atoms with Crippen molar-refractivity contribution in [2.45, 2.75) is 45.1 Å². The first-order valence-corrected chi connectivity index (χ1v) is 6.82. The van der Waals surface area contributed by atoms with Gasteiger partial charge in [-0.1, -0.05) is 44.2 Å². The summed E-state index contributed by atoms with van der Waals surface area (Å²) in [5, 5.41) is 12.5. The topological polar surface area (TPSA) is 32.3 Å². The Balaban J connectivity index is 1.73. The fourth-order valence-electron chi connectivity index (χ4n) is 2.68. The quantitative estimate of drug-likeness (QED) is 0.815. The molecule has 2 N–H and O–H groups in total. The van der Waals surface area contributed by atoms with E-state index < -0.39 is 0 Å². The predicted molar refractivity (Wildman–Crippen MR) is 72.0 cm³/mol. The summed E-state index contributed by atoms with van der Waals surface area (Å²) in [6, 6.07) is 8.04. The second kappa shape index (κ2) is 6.65. The third-order valence-electron chi connectivity index (χ3n) is 3.72. The average Bonchev–Trinajstić information content (AvgIpc) is 2.40. The van der Waals surface area contributed by atoms with Crippen LogP contribution in [0.3, 0.4) is 0 Å². The Labute approximate surface area is 104 Å². The molecule has 0 bridgehead atoms. The zero-order valence-electron chi connectivity index (χ0n) is 10.5. The molecule has 0 unspecified atom stereocenters. The maximum Gasteiger partial charge on any atom is 0.0682 e. The van der Waals surface area contributed by atoms with Crippen LogP contribution in [0.25, 0.3) is 0 Å². The van der Waals surface area contributed by atoms with Crippen molar-refractivity contribution in [1.29, 1.82) is 0 Å². The summed E-state index contributed by atoms with van der Waals surface area (Å²) in [4.78, 5) is 0. The lowest BCUT2D eigenvalue weighted by Crippen LogP contribution is -2.12. The maximum atomic E-state index is 9.06. The first-order chi connectivity index (χ1) is 8.38. The van der Waals surface area contributed by atoms with Gasteiger partial charge in [-0.2, -0.15) is 0 Å². The summed E-state index contributed by atoms with van der Waals surface area (Å²) in [5.41, 5.74) is 2.11. The second-order valence-corrected chi connectivity index (χ2v) is 5.08. The lowest BCUT2D eigenvalue weighted by atomic mass is 9.87. The fourth-order valence-corrected chi connectivity index (χ4v) is 2.68. The smallest absolute Gasteiger partial charge is 0.0682 e. The molecule has 0 atom stereocenters. The number of anilines is 1. The van der Waals surface area contributed by atoms with Gasteiger partial charge >= 0.3 is 0 Å². The van der Waals surface area contributed by atoms with Crippen molar-refractivity contribution in [3.8, 4) is 0 Å². The van der Waals surface area contributed by atoms with Gasteiger partial charge in [-0.15, -0.1) is 0 Å². The lowest BCUT2D eigenvalue weighted by molar-refractivity contribution is 0.282. The third kappa shape index (κ3) is 4.04. The minimum atomic E-state index is 0.123. The number of nitrogens with one attached hydrogen (secondary N) is 1. The van der Waals surface area contributed by atoms with E-state index in [0.29, 0.717) is 0 Å². The molecule has 0 aliphatic heterocycles. The van der Waals surface area contributed by atoms with E-state index in [1.807, 2.05) is 18.2 Å². The molecule has 0 aromatic heterocycles. The molecule has 2 rings (SSSR count). The summed E-state index contributed by atoms with van der Waals surface area (Å²) in [6.45, 7) is 1.18. The zero-order valence-corrected chi connectivity index (χ0v) is 10.5. The Hall–Kier alpha value is -1.02. The SMILES string of the molecule is OCc1cccc(NCCC2CCCCC2)c1. The van der Waals surface area contributed by atoms with Crippen LogP contribution in [0.2, 0.25) is 0 Å². The summed E-state index contributed by atoms with van der Waals surface area (Å²) in [7, 11) is 0. The molecule has 0 spiro atoms. The molecule has 94 valence electrons. The molecule has 1 fully saturated rings. The molecule has 1 aliphatic carbocycles. The molecule has 0 radical (unpaired) electrons. The minimum Gasteiger partial charge on any atom is -0.392 e. The largest absolute Gasteiger partial charge is 0.392 e. The van der Waals surface area contributed by atoms with E-state index >= 15 is 0 Å². The van der Waals surface area contributed by atoms with Crippen LogP contribution in [0.1, 0.15) is 44.1 Å². The van der Waals surface area contributed by atoms with Crippen LogP contribution in [0.5, 0.6) is 0 Å². The highest BCUT2D eigenvalue weighted by Gasteiger charge is 2.12. The number of hydrogen-bond donors (Lipinski definition) is 2. The average molecular weight is 233 g/mol. The van der Waals surface area contributed by atoms with Gasteiger partial charge in [-0.25, -0.2) is 0 Å². The predicted octanol–water partition coefficient (Wildman–Crippen LogP) is 3.56. The van der Waals surface area contributed by atoms with Gasteiger partial charge in [0.25, 0.3) is 0 Å². The van der Waals surface area contributed by atoms with Gasteiger partial charge < -0.3 is 10.4 Å². The van der Waals surface area contributed by atoms with Crippen LogP contribution in [0, 0.1) is 5.92 Å². The van der Waals surface area contributed by atoms with Crippen LogP contribution < -0.4 is 5.32 Å². The van der Waals surface area contributed by atoms with Crippen molar-refractivity contribution in [2.75, 3.05) is 11.9 Å². The zero-order chi connectivity index (χ0) is 11.9. The van der Waals surface area contributed by atoms with Gasteiger partial charge in [0.15, 0.2) is 0 Å². The Morgan fingerprint density at radius 1 is 1.18 bits per heavy atom. The number of aliphatic hydroxyl groups is 1. The van der Waals surface area contributed by atoms with Crippen LogP contribution in [0.4, 0.5) is 5.69 Å². The van der Waals surface area contributed by atoms with Gasteiger partial charge in [0.05, 0.1) is 6.61 Å².